The second-order valence-corrected chi connectivity index (χ2v) is 6.15. The Hall–Kier alpha value is -1.75. The van der Waals surface area contributed by atoms with E-state index in [9.17, 15) is 4.79 Å². The van der Waals surface area contributed by atoms with Crippen molar-refractivity contribution >= 4 is 11.7 Å². The highest BCUT2D eigenvalue weighted by molar-refractivity contribution is 5.75. The molecule has 1 aromatic carbocycles. The predicted molar refractivity (Wildman–Crippen MR) is 85.7 cm³/mol. The number of ether oxygens (including phenoxy) is 1. The Morgan fingerprint density at radius 1 is 1.36 bits per heavy atom. The number of carbonyl (C=O) groups is 1. The second-order valence-electron chi connectivity index (χ2n) is 6.15. The quantitative estimate of drug-likeness (QED) is 0.842. The summed E-state index contributed by atoms with van der Waals surface area (Å²) in [5, 5.41) is 12.6. The lowest BCUT2D eigenvalue weighted by molar-refractivity contribution is -0.135. The Morgan fingerprint density at radius 3 is 2.95 bits per heavy atom. The average molecular weight is 304 g/mol. The van der Waals surface area contributed by atoms with Crippen LogP contribution >= 0.6 is 0 Å². The molecule has 120 valence electrons. The number of carboxylic acids is 1. The maximum atomic E-state index is 11.0. The third kappa shape index (κ3) is 3.71. The van der Waals surface area contributed by atoms with Gasteiger partial charge in [-0.3, -0.25) is 4.79 Å². The van der Waals surface area contributed by atoms with Gasteiger partial charge in [0, 0.05) is 6.04 Å². The van der Waals surface area contributed by atoms with E-state index in [1.54, 1.807) is 0 Å². The molecule has 3 rings (SSSR count). The topological polar surface area (TPSA) is 61.8 Å². The SMILES string of the molecule is O=C(O)CN1CCOc2ccc(CCNC3CCCC3)cc21. The summed E-state index contributed by atoms with van der Waals surface area (Å²) in [7, 11) is 0. The van der Waals surface area contributed by atoms with E-state index >= 15 is 0 Å². The minimum absolute atomic E-state index is 0.0279. The van der Waals surface area contributed by atoms with Crippen LogP contribution in [0.1, 0.15) is 31.2 Å². The van der Waals surface area contributed by atoms with Gasteiger partial charge in [0.15, 0.2) is 0 Å². The molecule has 2 N–H and O–H groups in total. The van der Waals surface area contributed by atoms with Crippen LogP contribution in [0.3, 0.4) is 0 Å². The number of nitrogens with zero attached hydrogens (tertiary/aromatic N) is 1. The number of hydrogen-bond donors (Lipinski definition) is 2. The fourth-order valence-electron chi connectivity index (χ4n) is 3.35. The molecule has 1 heterocycles. The largest absolute Gasteiger partial charge is 0.490 e. The van der Waals surface area contributed by atoms with Gasteiger partial charge in [-0.1, -0.05) is 18.9 Å². The van der Waals surface area contributed by atoms with Crippen LogP contribution in [-0.2, 0) is 11.2 Å². The summed E-state index contributed by atoms with van der Waals surface area (Å²) in [5.74, 6) is -0.0128. The highest BCUT2D eigenvalue weighted by Crippen LogP contribution is 2.32. The molecule has 22 heavy (non-hydrogen) atoms. The first-order chi connectivity index (χ1) is 10.7. The number of nitrogens with one attached hydrogen (secondary N) is 1. The van der Waals surface area contributed by atoms with Crippen molar-refractivity contribution in [1.29, 1.82) is 0 Å². The lowest BCUT2D eigenvalue weighted by Crippen LogP contribution is -2.36. The van der Waals surface area contributed by atoms with Gasteiger partial charge in [0.2, 0.25) is 0 Å². The number of anilines is 1. The number of aliphatic carboxylic acids is 1. The van der Waals surface area contributed by atoms with Crippen LogP contribution in [0, 0.1) is 0 Å². The van der Waals surface area contributed by atoms with Gasteiger partial charge in [-0.2, -0.15) is 0 Å². The summed E-state index contributed by atoms with van der Waals surface area (Å²) < 4.78 is 5.63. The van der Waals surface area contributed by atoms with E-state index < -0.39 is 5.97 Å². The van der Waals surface area contributed by atoms with Crippen molar-refractivity contribution in [2.24, 2.45) is 0 Å². The first-order valence-electron chi connectivity index (χ1n) is 8.18. The van der Waals surface area contributed by atoms with E-state index in [4.69, 9.17) is 9.84 Å². The van der Waals surface area contributed by atoms with Crippen molar-refractivity contribution < 1.29 is 14.6 Å². The molecular weight excluding hydrogens is 280 g/mol. The second kappa shape index (κ2) is 7.01. The molecule has 0 atom stereocenters. The zero-order chi connectivity index (χ0) is 15.4. The molecule has 0 unspecified atom stereocenters. The van der Waals surface area contributed by atoms with E-state index in [1.165, 1.54) is 31.2 Å². The summed E-state index contributed by atoms with van der Waals surface area (Å²) in [6, 6.07) is 6.81. The maximum absolute atomic E-state index is 11.0. The van der Waals surface area contributed by atoms with Crippen molar-refractivity contribution in [3.63, 3.8) is 0 Å². The van der Waals surface area contributed by atoms with E-state index in [0.717, 1.165) is 24.4 Å². The molecule has 5 nitrogen and oxygen atoms in total. The number of benzene rings is 1. The molecule has 0 saturated heterocycles. The predicted octanol–water partition coefficient (Wildman–Crippen LogP) is 2.04. The van der Waals surface area contributed by atoms with Crippen molar-refractivity contribution in [3.8, 4) is 5.75 Å². The number of rotatable bonds is 6. The zero-order valence-electron chi connectivity index (χ0n) is 12.9. The summed E-state index contributed by atoms with van der Waals surface area (Å²) in [5.41, 5.74) is 2.14. The standard InChI is InChI=1S/C17H24N2O3/c20-17(21)12-19-9-10-22-16-6-5-13(11-15(16)19)7-8-18-14-3-1-2-4-14/h5-6,11,14,18H,1-4,7-10,12H2,(H,20,21). The van der Waals surface area contributed by atoms with Crippen LogP contribution in [-0.4, -0.2) is 43.4 Å². The molecule has 1 fully saturated rings. The molecule has 1 aromatic rings. The van der Waals surface area contributed by atoms with Gasteiger partial charge in [0.05, 0.1) is 12.2 Å². The molecule has 1 aliphatic heterocycles. The van der Waals surface area contributed by atoms with Crippen molar-refractivity contribution in [2.45, 2.75) is 38.1 Å². The first kappa shape index (κ1) is 15.2. The molecule has 0 aromatic heterocycles. The van der Waals surface area contributed by atoms with E-state index in [2.05, 4.69) is 17.4 Å². The summed E-state index contributed by atoms with van der Waals surface area (Å²) in [6.07, 6.45) is 6.25. The normalized spacial score (nSPS) is 18.1. The Balaban J connectivity index is 1.62. The third-order valence-electron chi connectivity index (χ3n) is 4.51. The first-order valence-corrected chi connectivity index (χ1v) is 8.18. The zero-order valence-corrected chi connectivity index (χ0v) is 12.9. The highest BCUT2D eigenvalue weighted by atomic mass is 16.5. The van der Waals surface area contributed by atoms with Crippen molar-refractivity contribution in [2.75, 3.05) is 31.1 Å². The molecular formula is C17H24N2O3. The van der Waals surface area contributed by atoms with Gasteiger partial charge in [-0.15, -0.1) is 0 Å². The molecule has 0 amide bonds. The van der Waals surface area contributed by atoms with E-state index in [1.807, 2.05) is 11.0 Å². The van der Waals surface area contributed by atoms with Crippen molar-refractivity contribution in [1.82, 2.24) is 5.32 Å². The van der Waals surface area contributed by atoms with Crippen LogP contribution < -0.4 is 15.0 Å². The molecule has 5 heteroatoms. The molecule has 0 bridgehead atoms. The van der Waals surface area contributed by atoms with Crippen LogP contribution in [0.5, 0.6) is 5.75 Å². The Morgan fingerprint density at radius 2 is 2.18 bits per heavy atom. The van der Waals surface area contributed by atoms with E-state index in [0.29, 0.717) is 19.2 Å². The lowest BCUT2D eigenvalue weighted by Gasteiger charge is -2.30. The average Bonchev–Trinajstić information content (AvgIpc) is 3.01. The minimum Gasteiger partial charge on any atom is -0.490 e. The maximum Gasteiger partial charge on any atom is 0.323 e. The van der Waals surface area contributed by atoms with Gasteiger partial charge in [0.25, 0.3) is 0 Å². The van der Waals surface area contributed by atoms with Crippen LogP contribution in [0.2, 0.25) is 0 Å². The lowest BCUT2D eigenvalue weighted by atomic mass is 10.1. The Bertz CT molecular complexity index is 527. The smallest absolute Gasteiger partial charge is 0.323 e. The molecule has 0 radical (unpaired) electrons. The fourth-order valence-corrected chi connectivity index (χ4v) is 3.35. The summed E-state index contributed by atoms with van der Waals surface area (Å²) in [4.78, 5) is 12.9. The third-order valence-corrected chi connectivity index (χ3v) is 4.51. The van der Waals surface area contributed by atoms with E-state index in [-0.39, 0.29) is 6.54 Å². The van der Waals surface area contributed by atoms with Crippen molar-refractivity contribution in [3.05, 3.63) is 23.8 Å². The van der Waals surface area contributed by atoms with Crippen LogP contribution in [0.4, 0.5) is 5.69 Å². The van der Waals surface area contributed by atoms with Crippen LogP contribution in [0.15, 0.2) is 18.2 Å². The van der Waals surface area contributed by atoms with Gasteiger partial charge < -0.3 is 20.1 Å². The van der Waals surface area contributed by atoms with Gasteiger partial charge in [0.1, 0.15) is 18.9 Å². The van der Waals surface area contributed by atoms with Gasteiger partial charge >= 0.3 is 5.97 Å². The number of hydrogen-bond acceptors (Lipinski definition) is 4. The number of fused-ring (bicyclic) bond motifs is 1. The summed E-state index contributed by atoms with van der Waals surface area (Å²) >= 11 is 0. The minimum atomic E-state index is -0.804. The number of carboxylic acid groups (broad SMARTS) is 1. The Labute approximate surface area is 131 Å². The summed E-state index contributed by atoms with van der Waals surface area (Å²) in [6.45, 7) is 2.18. The van der Waals surface area contributed by atoms with Gasteiger partial charge in [-0.25, -0.2) is 0 Å². The fraction of sp³-hybridized carbons (Fsp3) is 0.588. The highest BCUT2D eigenvalue weighted by Gasteiger charge is 2.20. The van der Waals surface area contributed by atoms with Gasteiger partial charge in [-0.05, 0) is 43.5 Å². The van der Waals surface area contributed by atoms with Crippen LogP contribution in [0.25, 0.3) is 0 Å². The molecule has 0 spiro atoms. The molecule has 2 aliphatic rings. The Kier molecular flexibility index (Phi) is 4.83. The monoisotopic (exact) mass is 304 g/mol. The molecule has 1 saturated carbocycles. The molecule has 1 aliphatic carbocycles.